The number of nitrogens with one attached hydrogen (secondary N) is 2. The number of aryl methyl sites for hydroxylation is 1. The number of ether oxygens (including phenoxy) is 1. The first-order valence-corrected chi connectivity index (χ1v) is 11.1. The molecule has 0 radical (unpaired) electrons. The lowest BCUT2D eigenvalue weighted by atomic mass is 10.0. The molecule has 1 atom stereocenters. The predicted molar refractivity (Wildman–Crippen MR) is 125 cm³/mol. The van der Waals surface area contributed by atoms with Gasteiger partial charge in [-0.2, -0.15) is 5.26 Å². The molecule has 34 heavy (non-hydrogen) atoms. The number of pyridine rings is 2. The maximum Gasteiger partial charge on any atom is 0.328 e. The number of anilines is 3. The highest BCUT2D eigenvalue weighted by Crippen LogP contribution is 2.29. The number of carbonyl (C=O) groups is 2. The van der Waals surface area contributed by atoms with Crippen LogP contribution < -0.4 is 15.7 Å². The fourth-order valence-corrected chi connectivity index (χ4v) is 4.18. The van der Waals surface area contributed by atoms with E-state index in [0.29, 0.717) is 43.5 Å². The molecule has 1 unspecified atom stereocenters. The van der Waals surface area contributed by atoms with Gasteiger partial charge in [0.1, 0.15) is 23.4 Å². The normalized spacial score (nSPS) is 18.0. The molecule has 0 saturated carbocycles. The Morgan fingerprint density at radius 3 is 3.00 bits per heavy atom. The average molecular weight is 466 g/mol. The minimum atomic E-state index is -0.416. The van der Waals surface area contributed by atoms with Crippen LogP contribution in [0, 0.1) is 11.3 Å². The molecule has 2 N–H and O–H groups in total. The number of nitriles is 1. The molecule has 0 bridgehead atoms. The molecule has 4 heterocycles. The molecule has 178 valence electrons. The van der Waals surface area contributed by atoms with E-state index in [-0.39, 0.29) is 17.4 Å². The first kappa shape index (κ1) is 23.6. The number of hydrogen-bond acceptors (Lipinski definition) is 9. The molecule has 0 aliphatic carbocycles. The third-order valence-electron chi connectivity index (χ3n) is 5.98. The van der Waals surface area contributed by atoms with E-state index in [2.05, 4.69) is 32.6 Å². The van der Waals surface area contributed by atoms with Crippen LogP contribution in [0.4, 0.5) is 22.1 Å². The van der Waals surface area contributed by atoms with Crippen LogP contribution in [0.2, 0.25) is 0 Å². The number of fused-ring (bicyclic) bond motifs is 1. The highest BCUT2D eigenvalue weighted by atomic mass is 16.6. The molecular weight excluding hydrogens is 438 g/mol. The summed E-state index contributed by atoms with van der Waals surface area (Å²) in [6.07, 6.45) is 3.64. The van der Waals surface area contributed by atoms with E-state index in [1.807, 2.05) is 12.1 Å². The molecule has 1 fully saturated rings. The fraction of sp³-hybridized carbons (Fsp3) is 0.435. The average Bonchev–Trinajstić information content (AvgIpc) is 2.85. The zero-order chi connectivity index (χ0) is 24.1. The van der Waals surface area contributed by atoms with Crippen LogP contribution in [-0.4, -0.2) is 66.6 Å². The Balaban J connectivity index is 1.56. The van der Waals surface area contributed by atoms with Crippen LogP contribution in [0.1, 0.15) is 40.5 Å². The maximum atomic E-state index is 13.1. The summed E-state index contributed by atoms with van der Waals surface area (Å²) in [5.41, 5.74) is 5.39. The number of rotatable bonds is 6. The number of carbonyl (C=O) groups excluding carboxylic acids is 2. The fourth-order valence-electron chi connectivity index (χ4n) is 4.18. The first-order valence-electron chi connectivity index (χ1n) is 11.1. The SMILES string of the molecule is CONc1cc(NC(=O)N2CCCc3cc(CN4CCOCC4C)c(C=O)nc32)ncc1C#N. The molecule has 11 heteroatoms. The summed E-state index contributed by atoms with van der Waals surface area (Å²) < 4.78 is 5.51. The van der Waals surface area contributed by atoms with Crippen molar-refractivity contribution in [2.24, 2.45) is 0 Å². The second-order valence-electron chi connectivity index (χ2n) is 8.25. The Hall–Kier alpha value is -3.59. The Kier molecular flexibility index (Phi) is 7.32. The van der Waals surface area contributed by atoms with E-state index in [1.165, 1.54) is 24.3 Å². The van der Waals surface area contributed by atoms with Gasteiger partial charge in [0, 0.05) is 37.9 Å². The third kappa shape index (κ3) is 4.99. The summed E-state index contributed by atoms with van der Waals surface area (Å²) in [7, 11) is 1.43. The van der Waals surface area contributed by atoms with Crippen molar-refractivity contribution in [3.8, 4) is 6.07 Å². The van der Waals surface area contributed by atoms with Crippen LogP contribution in [-0.2, 0) is 22.5 Å². The lowest BCUT2D eigenvalue weighted by Crippen LogP contribution is -2.43. The van der Waals surface area contributed by atoms with Gasteiger partial charge in [-0.3, -0.25) is 30.2 Å². The molecule has 1 saturated heterocycles. The third-order valence-corrected chi connectivity index (χ3v) is 5.98. The van der Waals surface area contributed by atoms with Gasteiger partial charge in [0.15, 0.2) is 6.29 Å². The van der Waals surface area contributed by atoms with Gasteiger partial charge in [0.25, 0.3) is 0 Å². The number of urea groups is 1. The van der Waals surface area contributed by atoms with E-state index < -0.39 is 6.03 Å². The number of amides is 2. The minimum Gasteiger partial charge on any atom is -0.379 e. The number of hydrogen-bond donors (Lipinski definition) is 2. The van der Waals surface area contributed by atoms with Crippen molar-refractivity contribution in [3.63, 3.8) is 0 Å². The van der Waals surface area contributed by atoms with E-state index in [1.54, 1.807) is 0 Å². The Morgan fingerprint density at radius 2 is 2.26 bits per heavy atom. The largest absolute Gasteiger partial charge is 0.379 e. The summed E-state index contributed by atoms with van der Waals surface area (Å²) in [6.45, 7) is 5.29. The molecule has 0 aromatic carbocycles. The van der Waals surface area contributed by atoms with Gasteiger partial charge < -0.3 is 4.74 Å². The van der Waals surface area contributed by atoms with Crippen molar-refractivity contribution in [1.82, 2.24) is 14.9 Å². The van der Waals surface area contributed by atoms with Crippen molar-refractivity contribution in [3.05, 3.63) is 40.7 Å². The summed E-state index contributed by atoms with van der Waals surface area (Å²) in [4.78, 5) is 42.4. The monoisotopic (exact) mass is 465 g/mol. The first-order chi connectivity index (χ1) is 16.5. The van der Waals surface area contributed by atoms with Crippen molar-refractivity contribution < 1.29 is 19.2 Å². The van der Waals surface area contributed by atoms with Gasteiger partial charge in [-0.1, -0.05) is 0 Å². The molecule has 2 aromatic rings. The van der Waals surface area contributed by atoms with Crippen molar-refractivity contribution in [1.29, 1.82) is 5.26 Å². The predicted octanol–water partition coefficient (Wildman–Crippen LogP) is 2.34. The summed E-state index contributed by atoms with van der Waals surface area (Å²) in [5.74, 6) is 0.734. The molecule has 2 aliphatic heterocycles. The quantitative estimate of drug-likeness (QED) is 0.487. The highest BCUT2D eigenvalue weighted by molar-refractivity contribution is 6.01. The Morgan fingerprint density at radius 1 is 1.41 bits per heavy atom. The smallest absolute Gasteiger partial charge is 0.328 e. The van der Waals surface area contributed by atoms with E-state index in [9.17, 15) is 14.9 Å². The topological polar surface area (TPSA) is 133 Å². The molecule has 2 aromatic heterocycles. The van der Waals surface area contributed by atoms with Crippen LogP contribution in [0.15, 0.2) is 18.3 Å². The van der Waals surface area contributed by atoms with Gasteiger partial charge in [-0.15, -0.1) is 0 Å². The van der Waals surface area contributed by atoms with Crippen molar-refractivity contribution >= 4 is 29.6 Å². The maximum absolute atomic E-state index is 13.1. The number of aldehydes is 1. The second-order valence-corrected chi connectivity index (χ2v) is 8.25. The lowest BCUT2D eigenvalue weighted by Gasteiger charge is -2.34. The molecular formula is C23H27N7O4. The zero-order valence-corrected chi connectivity index (χ0v) is 19.2. The minimum absolute atomic E-state index is 0.254. The second kappa shape index (κ2) is 10.6. The van der Waals surface area contributed by atoms with Crippen LogP contribution >= 0.6 is 0 Å². The van der Waals surface area contributed by atoms with Gasteiger partial charge in [0.05, 0.1) is 31.6 Å². The summed E-state index contributed by atoms with van der Waals surface area (Å²) >= 11 is 0. The van der Waals surface area contributed by atoms with Gasteiger partial charge in [-0.25, -0.2) is 14.8 Å². The number of aromatic nitrogens is 2. The number of morpholine rings is 1. The van der Waals surface area contributed by atoms with E-state index >= 15 is 0 Å². The van der Waals surface area contributed by atoms with Crippen LogP contribution in [0.25, 0.3) is 0 Å². The van der Waals surface area contributed by atoms with Gasteiger partial charge in [-0.05, 0) is 37.0 Å². The standard InChI is InChI=1S/C23H27N7O4/c1-15-14-34-7-6-29(15)12-17-8-16-4-3-5-30(22(16)26-20(17)13-31)23(32)27-21-9-19(28-33-2)18(10-24)11-25-21/h8-9,11,13,15H,3-7,12,14H2,1-2H3,(H2,25,27,28,32). The van der Waals surface area contributed by atoms with E-state index in [0.717, 1.165) is 36.8 Å². The molecule has 2 amide bonds. The molecule has 11 nitrogen and oxygen atoms in total. The summed E-state index contributed by atoms with van der Waals surface area (Å²) in [6, 6.07) is 5.35. The molecule has 2 aliphatic rings. The molecule has 0 spiro atoms. The van der Waals surface area contributed by atoms with Gasteiger partial charge in [0.2, 0.25) is 0 Å². The summed E-state index contributed by atoms with van der Waals surface area (Å²) in [5, 5.41) is 11.9. The van der Waals surface area contributed by atoms with Crippen LogP contribution in [0.5, 0.6) is 0 Å². The lowest BCUT2D eigenvalue weighted by molar-refractivity contribution is -0.00448. The Bertz CT molecular complexity index is 1120. The number of nitrogens with zero attached hydrogens (tertiary/aromatic N) is 5. The van der Waals surface area contributed by atoms with Crippen molar-refractivity contribution in [2.75, 3.05) is 49.1 Å². The van der Waals surface area contributed by atoms with E-state index in [4.69, 9.17) is 9.57 Å². The molecule has 4 rings (SSSR count). The van der Waals surface area contributed by atoms with Crippen LogP contribution in [0.3, 0.4) is 0 Å². The Labute approximate surface area is 197 Å². The highest BCUT2D eigenvalue weighted by Gasteiger charge is 2.27. The zero-order valence-electron chi connectivity index (χ0n) is 19.2. The van der Waals surface area contributed by atoms with Crippen molar-refractivity contribution in [2.45, 2.75) is 32.4 Å². The van der Waals surface area contributed by atoms with Gasteiger partial charge >= 0.3 is 6.03 Å².